The molecule has 1 N–H and O–H groups in total. The van der Waals surface area contributed by atoms with E-state index in [-0.39, 0.29) is 11.7 Å². The first-order chi connectivity index (χ1) is 6.64. The minimum Gasteiger partial charge on any atom is -0.376 e. The molecule has 1 heterocycles. The maximum atomic E-state index is 10.0. The van der Waals surface area contributed by atoms with Gasteiger partial charge in [-0.15, -0.1) is 0 Å². The first-order valence-corrected chi connectivity index (χ1v) is 5.07. The number of carbonyl (C=O) groups excluding carboxylic acids is 1. The third kappa shape index (κ3) is 5.19. The van der Waals surface area contributed by atoms with Gasteiger partial charge in [-0.25, -0.2) is 0 Å². The Morgan fingerprint density at radius 2 is 2.14 bits per heavy atom. The Morgan fingerprint density at radius 1 is 1.50 bits per heavy atom. The molecule has 0 aliphatic carbocycles. The van der Waals surface area contributed by atoms with Crippen molar-refractivity contribution in [3.8, 4) is 0 Å². The number of carbonyl (C=O) groups is 1. The minimum absolute atomic E-state index is 0.0149. The maximum absolute atomic E-state index is 10.0. The molecule has 1 saturated heterocycles. The zero-order valence-electron chi connectivity index (χ0n) is 9.50. The van der Waals surface area contributed by atoms with Crippen LogP contribution >= 0.6 is 0 Å². The standard InChI is InChI=1S/C8H15NO3.C2H6/c1-8(2)5-11-4-7(12-8)3-9-6-10;1-2/h6-7H,3-5H2,1-2H3,(H,9,10);1-2H3. The molecule has 4 heteroatoms. The average Bonchev–Trinajstić information content (AvgIpc) is 2.16. The number of hydrogen-bond acceptors (Lipinski definition) is 3. The van der Waals surface area contributed by atoms with E-state index >= 15 is 0 Å². The average molecular weight is 203 g/mol. The summed E-state index contributed by atoms with van der Waals surface area (Å²) in [6.45, 7) is 9.64. The van der Waals surface area contributed by atoms with Crippen LogP contribution in [0.15, 0.2) is 0 Å². The van der Waals surface area contributed by atoms with Crippen LogP contribution in [0.25, 0.3) is 0 Å². The molecule has 1 aliphatic rings. The second-order valence-corrected chi connectivity index (χ2v) is 3.54. The van der Waals surface area contributed by atoms with Crippen LogP contribution in [0, 0.1) is 0 Å². The lowest BCUT2D eigenvalue weighted by Crippen LogP contribution is -2.46. The van der Waals surface area contributed by atoms with Crippen molar-refractivity contribution >= 4 is 6.41 Å². The van der Waals surface area contributed by atoms with Crippen LogP contribution in [0.3, 0.4) is 0 Å². The molecule has 0 aromatic heterocycles. The van der Waals surface area contributed by atoms with Gasteiger partial charge in [0.2, 0.25) is 6.41 Å². The van der Waals surface area contributed by atoms with E-state index in [1.165, 1.54) is 0 Å². The molecule has 0 aromatic rings. The van der Waals surface area contributed by atoms with E-state index in [0.717, 1.165) is 0 Å². The second kappa shape index (κ2) is 6.79. The molecule has 1 fully saturated rings. The lowest BCUT2D eigenvalue weighted by molar-refractivity contribution is -0.180. The molecular formula is C10H21NO3. The van der Waals surface area contributed by atoms with Crippen LogP contribution in [0.2, 0.25) is 0 Å². The zero-order valence-corrected chi connectivity index (χ0v) is 9.50. The molecule has 1 unspecified atom stereocenters. The first-order valence-electron chi connectivity index (χ1n) is 5.07. The van der Waals surface area contributed by atoms with E-state index in [4.69, 9.17) is 9.47 Å². The Labute approximate surface area is 86.0 Å². The molecule has 0 aromatic carbocycles. The predicted molar refractivity (Wildman–Crippen MR) is 55.2 cm³/mol. The lowest BCUT2D eigenvalue weighted by atomic mass is 10.1. The molecule has 14 heavy (non-hydrogen) atoms. The molecule has 1 amide bonds. The van der Waals surface area contributed by atoms with Crippen LogP contribution in [0.1, 0.15) is 27.7 Å². The largest absolute Gasteiger partial charge is 0.376 e. The van der Waals surface area contributed by atoms with Gasteiger partial charge >= 0.3 is 0 Å². The summed E-state index contributed by atoms with van der Waals surface area (Å²) in [5, 5.41) is 2.57. The third-order valence-corrected chi connectivity index (χ3v) is 1.67. The summed E-state index contributed by atoms with van der Waals surface area (Å²) in [5.74, 6) is 0. The monoisotopic (exact) mass is 203 g/mol. The zero-order chi connectivity index (χ0) is 11.0. The quantitative estimate of drug-likeness (QED) is 0.695. The van der Waals surface area contributed by atoms with Gasteiger partial charge in [-0.2, -0.15) is 0 Å². The van der Waals surface area contributed by atoms with Crippen LogP contribution in [0.5, 0.6) is 0 Å². The highest BCUT2D eigenvalue weighted by Gasteiger charge is 2.28. The van der Waals surface area contributed by atoms with Crippen LogP contribution < -0.4 is 5.32 Å². The smallest absolute Gasteiger partial charge is 0.207 e. The Morgan fingerprint density at radius 3 is 2.64 bits per heavy atom. The Kier molecular flexibility index (Phi) is 6.49. The van der Waals surface area contributed by atoms with Crippen molar-refractivity contribution in [1.82, 2.24) is 5.32 Å². The highest BCUT2D eigenvalue weighted by atomic mass is 16.6. The lowest BCUT2D eigenvalue weighted by Gasteiger charge is -2.35. The van der Waals surface area contributed by atoms with Crippen LogP contribution in [-0.2, 0) is 14.3 Å². The highest BCUT2D eigenvalue weighted by Crippen LogP contribution is 2.17. The van der Waals surface area contributed by atoms with Crippen molar-refractivity contribution in [1.29, 1.82) is 0 Å². The number of nitrogens with one attached hydrogen (secondary N) is 1. The fourth-order valence-electron chi connectivity index (χ4n) is 1.24. The van der Waals surface area contributed by atoms with Gasteiger partial charge in [0.1, 0.15) is 0 Å². The van der Waals surface area contributed by atoms with Crippen molar-refractivity contribution in [3.63, 3.8) is 0 Å². The van der Waals surface area contributed by atoms with Crippen LogP contribution in [0.4, 0.5) is 0 Å². The van der Waals surface area contributed by atoms with Gasteiger partial charge in [0.15, 0.2) is 0 Å². The Bertz CT molecular complexity index is 159. The van der Waals surface area contributed by atoms with E-state index < -0.39 is 0 Å². The molecule has 1 atom stereocenters. The fraction of sp³-hybridized carbons (Fsp3) is 0.900. The van der Waals surface area contributed by atoms with Crippen molar-refractivity contribution in [2.24, 2.45) is 0 Å². The first kappa shape index (κ1) is 13.4. The second-order valence-electron chi connectivity index (χ2n) is 3.54. The minimum atomic E-state index is -0.229. The Hall–Kier alpha value is -0.610. The van der Waals surface area contributed by atoms with Crippen molar-refractivity contribution < 1.29 is 14.3 Å². The molecule has 0 radical (unpaired) electrons. The van der Waals surface area contributed by atoms with Crippen molar-refractivity contribution in [2.75, 3.05) is 19.8 Å². The molecule has 84 valence electrons. The summed E-state index contributed by atoms with van der Waals surface area (Å²) in [5.41, 5.74) is -0.229. The number of rotatable bonds is 3. The van der Waals surface area contributed by atoms with Gasteiger partial charge in [0, 0.05) is 6.54 Å². The summed E-state index contributed by atoms with van der Waals surface area (Å²) in [7, 11) is 0. The van der Waals surface area contributed by atoms with Gasteiger partial charge in [0.25, 0.3) is 0 Å². The third-order valence-electron chi connectivity index (χ3n) is 1.67. The molecule has 1 rings (SSSR count). The normalized spacial score (nSPS) is 24.4. The molecule has 1 aliphatic heterocycles. The number of hydrogen-bond donors (Lipinski definition) is 1. The van der Waals surface area contributed by atoms with E-state index in [2.05, 4.69) is 5.32 Å². The summed E-state index contributed by atoms with van der Waals surface area (Å²) >= 11 is 0. The summed E-state index contributed by atoms with van der Waals surface area (Å²) < 4.78 is 10.9. The van der Waals surface area contributed by atoms with Gasteiger partial charge in [-0.1, -0.05) is 13.8 Å². The fourth-order valence-corrected chi connectivity index (χ4v) is 1.24. The van der Waals surface area contributed by atoms with E-state index in [1.807, 2.05) is 27.7 Å². The summed E-state index contributed by atoms with van der Waals surface area (Å²) in [4.78, 5) is 10.0. The van der Waals surface area contributed by atoms with Crippen LogP contribution in [-0.4, -0.2) is 37.9 Å². The van der Waals surface area contributed by atoms with Crippen molar-refractivity contribution in [3.05, 3.63) is 0 Å². The number of ether oxygens (including phenoxy) is 2. The van der Waals surface area contributed by atoms with Gasteiger partial charge in [-0.05, 0) is 13.8 Å². The summed E-state index contributed by atoms with van der Waals surface area (Å²) in [6.07, 6.45) is 0.657. The van der Waals surface area contributed by atoms with Crippen molar-refractivity contribution in [2.45, 2.75) is 39.4 Å². The molecular weight excluding hydrogens is 182 g/mol. The molecule has 0 saturated carbocycles. The molecule has 0 bridgehead atoms. The predicted octanol–water partition coefficient (Wildman–Crippen LogP) is 0.953. The van der Waals surface area contributed by atoms with E-state index in [9.17, 15) is 4.79 Å². The van der Waals surface area contributed by atoms with Gasteiger partial charge < -0.3 is 14.8 Å². The molecule has 0 spiro atoms. The van der Waals surface area contributed by atoms with E-state index in [1.54, 1.807) is 0 Å². The Balaban J connectivity index is 0.000000791. The topological polar surface area (TPSA) is 47.6 Å². The van der Waals surface area contributed by atoms with Gasteiger partial charge in [0.05, 0.1) is 24.9 Å². The SMILES string of the molecule is CC.CC1(C)COCC(CNC=O)O1. The molecule has 4 nitrogen and oxygen atoms in total. The van der Waals surface area contributed by atoms with Gasteiger partial charge in [-0.3, -0.25) is 4.79 Å². The maximum Gasteiger partial charge on any atom is 0.207 e. The van der Waals surface area contributed by atoms with E-state index in [0.29, 0.717) is 26.2 Å². The summed E-state index contributed by atoms with van der Waals surface area (Å²) in [6, 6.07) is 0. The number of amides is 1. The highest BCUT2D eigenvalue weighted by molar-refractivity contribution is 5.45.